The minimum absolute atomic E-state index is 0.0576. The minimum atomic E-state index is -0.396. The standard InChI is InChI=1S/C13H20N4O2/c1-3-4-13(5-6-13)9-15-12-8-10(17(18)19)7-11(14-2)16-12/h7-8H,3-6,9H2,1-2H3,(H2,14,15,16). The van der Waals surface area contributed by atoms with E-state index < -0.39 is 4.92 Å². The highest BCUT2D eigenvalue weighted by molar-refractivity contribution is 5.54. The second-order valence-electron chi connectivity index (χ2n) is 5.21. The molecular weight excluding hydrogens is 244 g/mol. The lowest BCUT2D eigenvalue weighted by Crippen LogP contribution is -2.16. The Balaban J connectivity index is 2.07. The van der Waals surface area contributed by atoms with E-state index in [4.69, 9.17) is 0 Å². The van der Waals surface area contributed by atoms with Crippen molar-refractivity contribution < 1.29 is 4.92 Å². The monoisotopic (exact) mass is 264 g/mol. The van der Waals surface area contributed by atoms with Crippen molar-refractivity contribution in [1.29, 1.82) is 0 Å². The summed E-state index contributed by atoms with van der Waals surface area (Å²) >= 11 is 0. The molecule has 1 heterocycles. The third-order valence-electron chi connectivity index (χ3n) is 3.66. The molecule has 6 nitrogen and oxygen atoms in total. The van der Waals surface area contributed by atoms with E-state index >= 15 is 0 Å². The molecule has 0 aromatic carbocycles. The molecule has 1 aliphatic carbocycles. The predicted octanol–water partition coefficient (Wildman–Crippen LogP) is 3.02. The van der Waals surface area contributed by atoms with Crippen LogP contribution in [0.2, 0.25) is 0 Å². The van der Waals surface area contributed by atoms with Crippen LogP contribution in [-0.4, -0.2) is 23.5 Å². The molecule has 0 unspecified atom stereocenters. The van der Waals surface area contributed by atoms with Crippen molar-refractivity contribution in [2.24, 2.45) is 5.41 Å². The molecule has 0 bridgehead atoms. The van der Waals surface area contributed by atoms with Gasteiger partial charge in [-0.05, 0) is 24.7 Å². The third-order valence-corrected chi connectivity index (χ3v) is 3.66. The number of nitro groups is 1. The van der Waals surface area contributed by atoms with Crippen molar-refractivity contribution in [3.8, 4) is 0 Å². The van der Waals surface area contributed by atoms with Gasteiger partial charge in [-0.15, -0.1) is 0 Å². The zero-order valence-corrected chi connectivity index (χ0v) is 11.4. The van der Waals surface area contributed by atoms with Gasteiger partial charge < -0.3 is 10.6 Å². The average Bonchev–Trinajstić information content (AvgIpc) is 3.17. The number of nitrogens with zero attached hydrogens (tertiary/aromatic N) is 2. The molecule has 104 valence electrons. The lowest BCUT2D eigenvalue weighted by Gasteiger charge is -2.15. The molecule has 0 spiro atoms. The molecule has 0 aliphatic heterocycles. The van der Waals surface area contributed by atoms with Crippen LogP contribution in [0, 0.1) is 15.5 Å². The number of pyridine rings is 1. The van der Waals surface area contributed by atoms with Crippen molar-refractivity contribution in [3.05, 3.63) is 22.2 Å². The first-order valence-corrected chi connectivity index (χ1v) is 6.67. The van der Waals surface area contributed by atoms with Crippen LogP contribution in [0.4, 0.5) is 17.3 Å². The Labute approximate surface area is 112 Å². The van der Waals surface area contributed by atoms with Crippen molar-refractivity contribution in [2.45, 2.75) is 32.6 Å². The Hall–Kier alpha value is -1.85. The first kappa shape index (κ1) is 13.6. The van der Waals surface area contributed by atoms with Crippen LogP contribution < -0.4 is 10.6 Å². The molecule has 1 aliphatic rings. The van der Waals surface area contributed by atoms with Crippen LogP contribution >= 0.6 is 0 Å². The summed E-state index contributed by atoms with van der Waals surface area (Å²) in [7, 11) is 1.70. The topological polar surface area (TPSA) is 80.1 Å². The number of hydrogen-bond acceptors (Lipinski definition) is 5. The number of rotatable bonds is 7. The Bertz CT molecular complexity index is 472. The highest BCUT2D eigenvalue weighted by atomic mass is 16.6. The summed E-state index contributed by atoms with van der Waals surface area (Å²) in [5.74, 6) is 1.08. The first-order chi connectivity index (χ1) is 9.08. The van der Waals surface area contributed by atoms with Gasteiger partial charge in [0.25, 0.3) is 5.69 Å². The molecule has 2 N–H and O–H groups in total. The van der Waals surface area contributed by atoms with E-state index in [1.54, 1.807) is 7.05 Å². The van der Waals surface area contributed by atoms with Crippen LogP contribution in [0.25, 0.3) is 0 Å². The molecule has 0 amide bonds. The summed E-state index contributed by atoms with van der Waals surface area (Å²) < 4.78 is 0. The van der Waals surface area contributed by atoms with Gasteiger partial charge in [0.15, 0.2) is 0 Å². The number of aromatic nitrogens is 1. The van der Waals surface area contributed by atoms with Crippen molar-refractivity contribution >= 4 is 17.3 Å². The van der Waals surface area contributed by atoms with E-state index in [9.17, 15) is 10.1 Å². The van der Waals surface area contributed by atoms with Crippen molar-refractivity contribution in [3.63, 3.8) is 0 Å². The number of hydrogen-bond donors (Lipinski definition) is 2. The summed E-state index contributed by atoms with van der Waals surface area (Å²) in [6, 6.07) is 2.92. The Morgan fingerprint density at radius 3 is 2.63 bits per heavy atom. The molecule has 0 atom stereocenters. The van der Waals surface area contributed by atoms with Crippen LogP contribution in [-0.2, 0) is 0 Å². The van der Waals surface area contributed by atoms with E-state index in [2.05, 4.69) is 22.5 Å². The first-order valence-electron chi connectivity index (χ1n) is 6.67. The van der Waals surface area contributed by atoms with Gasteiger partial charge in [-0.1, -0.05) is 13.3 Å². The van der Waals surface area contributed by atoms with Crippen LogP contribution in [0.1, 0.15) is 32.6 Å². The average molecular weight is 264 g/mol. The van der Waals surface area contributed by atoms with Gasteiger partial charge in [0, 0.05) is 13.6 Å². The largest absolute Gasteiger partial charge is 0.373 e. The molecule has 1 aromatic rings. The molecule has 1 aromatic heterocycles. The summed E-state index contributed by atoms with van der Waals surface area (Å²) in [4.78, 5) is 14.8. The summed E-state index contributed by atoms with van der Waals surface area (Å²) in [6.07, 6.45) is 4.85. The summed E-state index contributed by atoms with van der Waals surface area (Å²) in [5, 5.41) is 17.0. The number of anilines is 2. The predicted molar refractivity (Wildman–Crippen MR) is 75.5 cm³/mol. The maximum Gasteiger partial charge on any atom is 0.276 e. The second kappa shape index (κ2) is 5.42. The van der Waals surface area contributed by atoms with Gasteiger partial charge in [-0.3, -0.25) is 10.1 Å². The molecule has 1 fully saturated rings. The minimum Gasteiger partial charge on any atom is -0.373 e. The van der Waals surface area contributed by atoms with E-state index in [0.717, 1.165) is 6.54 Å². The van der Waals surface area contributed by atoms with E-state index in [-0.39, 0.29) is 5.69 Å². The zero-order valence-electron chi connectivity index (χ0n) is 11.4. The maximum absolute atomic E-state index is 10.9. The molecule has 0 saturated heterocycles. The lowest BCUT2D eigenvalue weighted by atomic mass is 10.0. The zero-order chi connectivity index (χ0) is 13.9. The number of nitrogens with one attached hydrogen (secondary N) is 2. The van der Waals surface area contributed by atoms with E-state index in [1.807, 2.05) is 0 Å². The molecule has 2 rings (SSSR count). The summed E-state index contributed by atoms with van der Waals surface area (Å²) in [5.41, 5.74) is 0.447. The van der Waals surface area contributed by atoms with Crippen LogP contribution in [0.15, 0.2) is 12.1 Å². The van der Waals surface area contributed by atoms with Gasteiger partial charge in [-0.25, -0.2) is 4.98 Å². The summed E-state index contributed by atoms with van der Waals surface area (Å²) in [6.45, 7) is 3.03. The molecule has 0 radical (unpaired) electrons. The van der Waals surface area contributed by atoms with Crippen molar-refractivity contribution in [1.82, 2.24) is 4.98 Å². The Morgan fingerprint density at radius 1 is 1.42 bits per heavy atom. The van der Waals surface area contributed by atoms with Crippen LogP contribution in [0.5, 0.6) is 0 Å². The van der Waals surface area contributed by atoms with E-state index in [0.29, 0.717) is 17.1 Å². The Morgan fingerprint density at radius 2 is 2.11 bits per heavy atom. The highest BCUT2D eigenvalue weighted by Crippen LogP contribution is 2.49. The van der Waals surface area contributed by atoms with Crippen LogP contribution in [0.3, 0.4) is 0 Å². The van der Waals surface area contributed by atoms with Gasteiger partial charge in [-0.2, -0.15) is 0 Å². The lowest BCUT2D eigenvalue weighted by molar-refractivity contribution is -0.384. The van der Waals surface area contributed by atoms with Gasteiger partial charge in [0.1, 0.15) is 11.6 Å². The third kappa shape index (κ3) is 3.33. The smallest absolute Gasteiger partial charge is 0.276 e. The van der Waals surface area contributed by atoms with Gasteiger partial charge >= 0.3 is 0 Å². The van der Waals surface area contributed by atoms with Gasteiger partial charge in [0.05, 0.1) is 17.1 Å². The maximum atomic E-state index is 10.9. The SMILES string of the molecule is CCCC1(CNc2cc([N+](=O)[O-])cc(NC)n2)CC1. The molecular formula is C13H20N4O2. The van der Waals surface area contributed by atoms with Crippen molar-refractivity contribution in [2.75, 3.05) is 24.2 Å². The van der Waals surface area contributed by atoms with E-state index in [1.165, 1.54) is 37.8 Å². The molecule has 6 heteroatoms. The fourth-order valence-electron chi connectivity index (χ4n) is 2.34. The quantitative estimate of drug-likeness (QED) is 0.584. The molecule has 1 saturated carbocycles. The van der Waals surface area contributed by atoms with Gasteiger partial charge in [0.2, 0.25) is 0 Å². The fourth-order valence-corrected chi connectivity index (χ4v) is 2.34. The molecule has 19 heavy (non-hydrogen) atoms. The normalized spacial score (nSPS) is 15.9. The fraction of sp³-hybridized carbons (Fsp3) is 0.615. The Kier molecular flexibility index (Phi) is 3.87. The second-order valence-corrected chi connectivity index (χ2v) is 5.21. The highest BCUT2D eigenvalue weighted by Gasteiger charge is 2.41.